The number of nitrogens with zero attached hydrogens (tertiary/aromatic N) is 3. The number of carbonyl (C=O) groups excluding carboxylic acids is 1. The summed E-state index contributed by atoms with van der Waals surface area (Å²) in [5, 5.41) is 14.1. The number of anilines is 1. The van der Waals surface area contributed by atoms with Crippen molar-refractivity contribution in [2.75, 3.05) is 31.6 Å². The Hall–Kier alpha value is -1.69. The molecule has 0 saturated carbocycles. The third-order valence-corrected chi connectivity index (χ3v) is 3.70. The molecule has 2 N–H and O–H groups in total. The van der Waals surface area contributed by atoms with E-state index in [2.05, 4.69) is 25.7 Å². The van der Waals surface area contributed by atoms with Crippen LogP contribution in [0.3, 0.4) is 0 Å². The molecule has 0 aromatic carbocycles. The summed E-state index contributed by atoms with van der Waals surface area (Å²) in [4.78, 5) is 14.2. The van der Waals surface area contributed by atoms with Crippen LogP contribution in [0.1, 0.15) is 19.8 Å². The van der Waals surface area contributed by atoms with Crippen molar-refractivity contribution >= 4 is 11.7 Å². The van der Waals surface area contributed by atoms with Crippen molar-refractivity contribution in [1.29, 1.82) is 0 Å². The summed E-state index contributed by atoms with van der Waals surface area (Å²) in [6.07, 6.45) is 3.89. The Morgan fingerprint density at radius 1 is 1.60 bits per heavy atom. The van der Waals surface area contributed by atoms with Crippen molar-refractivity contribution in [3.05, 3.63) is 18.3 Å². The molecule has 110 valence electrons. The van der Waals surface area contributed by atoms with Gasteiger partial charge in [-0.05, 0) is 32.0 Å². The van der Waals surface area contributed by atoms with E-state index in [0.29, 0.717) is 19.1 Å². The monoisotopic (exact) mass is 277 g/mol. The molecule has 1 aromatic heterocycles. The molecule has 1 amide bonds. The summed E-state index contributed by atoms with van der Waals surface area (Å²) in [7, 11) is 1.86. The summed E-state index contributed by atoms with van der Waals surface area (Å²) in [6, 6.07) is 4.18. The molecule has 2 unspecified atom stereocenters. The Kier molecular flexibility index (Phi) is 5.29. The van der Waals surface area contributed by atoms with Gasteiger partial charge in [0, 0.05) is 37.8 Å². The first-order valence-electron chi connectivity index (χ1n) is 7.19. The third-order valence-electron chi connectivity index (χ3n) is 3.70. The molecule has 20 heavy (non-hydrogen) atoms. The van der Waals surface area contributed by atoms with Crippen molar-refractivity contribution in [2.45, 2.75) is 25.8 Å². The maximum atomic E-state index is 11.9. The van der Waals surface area contributed by atoms with Crippen molar-refractivity contribution in [3.63, 3.8) is 0 Å². The van der Waals surface area contributed by atoms with E-state index in [9.17, 15) is 4.79 Å². The lowest BCUT2D eigenvalue weighted by Crippen LogP contribution is -2.43. The molecule has 1 saturated heterocycles. The van der Waals surface area contributed by atoms with Gasteiger partial charge < -0.3 is 15.5 Å². The minimum Gasteiger partial charge on any atom is -0.354 e. The Morgan fingerprint density at radius 3 is 3.15 bits per heavy atom. The van der Waals surface area contributed by atoms with Crippen molar-refractivity contribution in [3.8, 4) is 0 Å². The number of carbonyl (C=O) groups is 1. The second kappa shape index (κ2) is 7.19. The first-order valence-corrected chi connectivity index (χ1v) is 7.19. The van der Waals surface area contributed by atoms with Crippen LogP contribution in [0.2, 0.25) is 0 Å². The number of nitrogens with one attached hydrogen (secondary N) is 2. The molecule has 1 fully saturated rings. The average molecular weight is 277 g/mol. The van der Waals surface area contributed by atoms with Crippen LogP contribution in [0, 0.1) is 5.92 Å². The highest BCUT2D eigenvalue weighted by atomic mass is 16.1. The lowest BCUT2D eigenvalue weighted by molar-refractivity contribution is -0.124. The molecule has 1 aliphatic heterocycles. The molecule has 6 heteroatoms. The molecule has 0 bridgehead atoms. The van der Waals surface area contributed by atoms with E-state index in [1.54, 1.807) is 6.20 Å². The molecular weight excluding hydrogens is 254 g/mol. The SMILES string of the molecule is CNCC(C)C(=O)NCC1CCCN1c1cccnn1. The largest absolute Gasteiger partial charge is 0.354 e. The van der Waals surface area contributed by atoms with Gasteiger partial charge in [-0.2, -0.15) is 5.10 Å². The van der Waals surface area contributed by atoms with Gasteiger partial charge >= 0.3 is 0 Å². The molecule has 2 rings (SSSR count). The number of amides is 1. The summed E-state index contributed by atoms with van der Waals surface area (Å²) in [6.45, 7) is 4.28. The van der Waals surface area contributed by atoms with Crippen LogP contribution in [-0.2, 0) is 4.79 Å². The van der Waals surface area contributed by atoms with Crippen molar-refractivity contribution < 1.29 is 4.79 Å². The quantitative estimate of drug-likeness (QED) is 0.788. The minimum atomic E-state index is -0.00799. The molecule has 1 aliphatic rings. The second-order valence-electron chi connectivity index (χ2n) is 5.28. The predicted octanol–water partition coefficient (Wildman–Crippen LogP) is 0.417. The van der Waals surface area contributed by atoms with Gasteiger partial charge in [0.05, 0.1) is 0 Å². The molecule has 2 atom stereocenters. The van der Waals surface area contributed by atoms with E-state index < -0.39 is 0 Å². The van der Waals surface area contributed by atoms with Crippen LogP contribution in [0.15, 0.2) is 18.3 Å². The van der Waals surface area contributed by atoms with Crippen LogP contribution in [0.25, 0.3) is 0 Å². The minimum absolute atomic E-state index is 0.00799. The van der Waals surface area contributed by atoms with Crippen molar-refractivity contribution in [2.24, 2.45) is 5.92 Å². The van der Waals surface area contributed by atoms with E-state index in [0.717, 1.165) is 25.2 Å². The fourth-order valence-electron chi connectivity index (χ4n) is 2.59. The van der Waals surface area contributed by atoms with Gasteiger partial charge in [0.15, 0.2) is 5.82 Å². The molecule has 0 aliphatic carbocycles. The van der Waals surface area contributed by atoms with Crippen LogP contribution in [0.4, 0.5) is 5.82 Å². The summed E-state index contributed by atoms with van der Waals surface area (Å²) in [5.74, 6) is 0.990. The van der Waals surface area contributed by atoms with E-state index in [-0.39, 0.29) is 11.8 Å². The van der Waals surface area contributed by atoms with Gasteiger partial charge in [0.25, 0.3) is 0 Å². The molecule has 0 spiro atoms. The zero-order valence-corrected chi connectivity index (χ0v) is 12.2. The maximum Gasteiger partial charge on any atom is 0.224 e. The lowest BCUT2D eigenvalue weighted by Gasteiger charge is -2.25. The summed E-state index contributed by atoms with van der Waals surface area (Å²) in [5.41, 5.74) is 0. The second-order valence-corrected chi connectivity index (χ2v) is 5.28. The van der Waals surface area contributed by atoms with Gasteiger partial charge in [-0.25, -0.2) is 0 Å². The number of hydrogen-bond donors (Lipinski definition) is 2. The fraction of sp³-hybridized carbons (Fsp3) is 0.643. The van der Waals surface area contributed by atoms with E-state index in [4.69, 9.17) is 0 Å². The summed E-state index contributed by atoms with van der Waals surface area (Å²) < 4.78 is 0. The smallest absolute Gasteiger partial charge is 0.224 e. The van der Waals surface area contributed by atoms with E-state index >= 15 is 0 Å². The molecule has 1 aromatic rings. The highest BCUT2D eigenvalue weighted by Crippen LogP contribution is 2.22. The van der Waals surface area contributed by atoms with Gasteiger partial charge in [-0.1, -0.05) is 6.92 Å². The molecule has 0 radical (unpaired) electrons. The highest BCUT2D eigenvalue weighted by Gasteiger charge is 2.26. The van der Waals surface area contributed by atoms with E-state index in [1.165, 1.54) is 0 Å². The Balaban J connectivity index is 1.87. The van der Waals surface area contributed by atoms with Crippen LogP contribution < -0.4 is 15.5 Å². The first-order chi connectivity index (χ1) is 9.72. The number of hydrogen-bond acceptors (Lipinski definition) is 5. The van der Waals surface area contributed by atoms with Gasteiger partial charge in [-0.15, -0.1) is 5.10 Å². The fourth-order valence-corrected chi connectivity index (χ4v) is 2.59. The van der Waals surface area contributed by atoms with Gasteiger partial charge in [0.2, 0.25) is 5.91 Å². The van der Waals surface area contributed by atoms with Crippen LogP contribution in [-0.4, -0.2) is 48.8 Å². The Morgan fingerprint density at radius 2 is 2.45 bits per heavy atom. The summed E-state index contributed by atoms with van der Waals surface area (Å²) >= 11 is 0. The topological polar surface area (TPSA) is 70.2 Å². The Labute approximate surface area is 120 Å². The van der Waals surface area contributed by atoms with Crippen LogP contribution >= 0.6 is 0 Å². The van der Waals surface area contributed by atoms with Crippen molar-refractivity contribution in [1.82, 2.24) is 20.8 Å². The van der Waals surface area contributed by atoms with E-state index in [1.807, 2.05) is 26.1 Å². The first kappa shape index (κ1) is 14.7. The molecule has 2 heterocycles. The highest BCUT2D eigenvalue weighted by molar-refractivity contribution is 5.78. The normalized spacial score (nSPS) is 19.9. The van der Waals surface area contributed by atoms with Gasteiger partial charge in [0.1, 0.15) is 0 Å². The predicted molar refractivity (Wildman–Crippen MR) is 78.5 cm³/mol. The number of aromatic nitrogens is 2. The number of rotatable bonds is 6. The lowest BCUT2D eigenvalue weighted by atomic mass is 10.1. The zero-order chi connectivity index (χ0) is 14.4. The maximum absolute atomic E-state index is 11.9. The molecule has 6 nitrogen and oxygen atoms in total. The average Bonchev–Trinajstić information content (AvgIpc) is 2.94. The Bertz CT molecular complexity index is 425. The third kappa shape index (κ3) is 3.66. The zero-order valence-electron chi connectivity index (χ0n) is 12.2. The van der Waals surface area contributed by atoms with Crippen LogP contribution in [0.5, 0.6) is 0 Å². The standard InChI is InChI=1S/C14H23N5O/c1-11(9-15-2)14(20)16-10-12-5-4-8-19(12)13-6-3-7-17-18-13/h3,6-7,11-12,15H,4-5,8-10H2,1-2H3,(H,16,20). The molecular formula is C14H23N5O. The van der Waals surface area contributed by atoms with Gasteiger partial charge in [-0.3, -0.25) is 4.79 Å².